The van der Waals surface area contributed by atoms with Gasteiger partial charge in [0.25, 0.3) is 0 Å². The van der Waals surface area contributed by atoms with Crippen molar-refractivity contribution < 1.29 is 5.11 Å². The van der Waals surface area contributed by atoms with E-state index in [1.807, 2.05) is 36.4 Å². The quantitative estimate of drug-likeness (QED) is 0.542. The van der Waals surface area contributed by atoms with E-state index in [0.29, 0.717) is 6.54 Å². The van der Waals surface area contributed by atoms with Crippen LogP contribution in [0.1, 0.15) is 17.2 Å². The van der Waals surface area contributed by atoms with E-state index in [4.69, 9.17) is 5.73 Å². The van der Waals surface area contributed by atoms with E-state index < -0.39 is 6.10 Å². The molecule has 0 radical (unpaired) electrons. The van der Waals surface area contributed by atoms with E-state index in [1.165, 1.54) is 5.56 Å². The first-order valence-electron chi connectivity index (χ1n) is 6.39. The molecule has 19 heavy (non-hydrogen) atoms. The number of aliphatic hydroxyl groups is 1. The number of nitrogens with zero attached hydrogens (tertiary/aromatic N) is 1. The molecule has 4 N–H and O–H groups in total. The van der Waals surface area contributed by atoms with Gasteiger partial charge in [0.1, 0.15) is 0 Å². The predicted molar refractivity (Wildman–Crippen MR) is 76.6 cm³/mol. The monoisotopic (exact) mass is 257 g/mol. The standard InChI is InChI=1S/C15H19N3O/c16-14-5-3-12(4-6-14)7-9-18-11-15(19)13-2-1-8-17-10-13/h1-6,8,10,15,18-19H,7,9,11,16H2/t15-/m1/s1. The van der Waals surface area contributed by atoms with Crippen molar-refractivity contribution in [3.8, 4) is 0 Å². The molecule has 0 fully saturated rings. The highest BCUT2D eigenvalue weighted by Gasteiger charge is 2.05. The Morgan fingerprint density at radius 3 is 2.68 bits per heavy atom. The zero-order chi connectivity index (χ0) is 13.5. The summed E-state index contributed by atoms with van der Waals surface area (Å²) in [6.45, 7) is 1.35. The number of hydrogen-bond donors (Lipinski definition) is 3. The molecule has 2 aromatic rings. The number of pyridine rings is 1. The Balaban J connectivity index is 1.71. The lowest BCUT2D eigenvalue weighted by molar-refractivity contribution is 0.174. The smallest absolute Gasteiger partial charge is 0.0929 e. The maximum Gasteiger partial charge on any atom is 0.0929 e. The number of aliphatic hydroxyl groups excluding tert-OH is 1. The molecule has 1 heterocycles. The summed E-state index contributed by atoms with van der Waals surface area (Å²) in [7, 11) is 0. The van der Waals surface area contributed by atoms with Gasteiger partial charge >= 0.3 is 0 Å². The summed E-state index contributed by atoms with van der Waals surface area (Å²) >= 11 is 0. The largest absolute Gasteiger partial charge is 0.399 e. The van der Waals surface area contributed by atoms with Crippen LogP contribution >= 0.6 is 0 Å². The molecule has 1 aromatic carbocycles. The van der Waals surface area contributed by atoms with Crippen LogP contribution in [0.2, 0.25) is 0 Å². The van der Waals surface area contributed by atoms with Gasteiger partial charge in [-0.05, 0) is 36.7 Å². The summed E-state index contributed by atoms with van der Waals surface area (Å²) in [5.74, 6) is 0. The van der Waals surface area contributed by atoms with Gasteiger partial charge in [0.15, 0.2) is 0 Å². The Labute approximate surface area is 113 Å². The molecule has 0 saturated heterocycles. The molecular weight excluding hydrogens is 238 g/mol. The van der Waals surface area contributed by atoms with Crippen molar-refractivity contribution in [1.29, 1.82) is 0 Å². The molecule has 0 spiro atoms. The molecule has 0 unspecified atom stereocenters. The van der Waals surface area contributed by atoms with E-state index in [2.05, 4.69) is 10.3 Å². The second kappa shape index (κ2) is 6.87. The van der Waals surface area contributed by atoms with E-state index in [0.717, 1.165) is 24.2 Å². The van der Waals surface area contributed by atoms with Crippen LogP contribution < -0.4 is 11.1 Å². The van der Waals surface area contributed by atoms with Gasteiger partial charge in [-0.25, -0.2) is 0 Å². The zero-order valence-corrected chi connectivity index (χ0v) is 10.8. The Bertz CT molecular complexity index is 485. The second-order valence-electron chi connectivity index (χ2n) is 4.50. The third-order valence-electron chi connectivity index (χ3n) is 2.98. The van der Waals surface area contributed by atoms with Gasteiger partial charge in [-0.1, -0.05) is 18.2 Å². The first kappa shape index (κ1) is 13.5. The Hall–Kier alpha value is -1.91. The molecule has 100 valence electrons. The molecule has 0 aliphatic carbocycles. The van der Waals surface area contributed by atoms with Gasteiger partial charge < -0.3 is 16.2 Å². The maximum absolute atomic E-state index is 9.94. The summed E-state index contributed by atoms with van der Waals surface area (Å²) in [6, 6.07) is 11.6. The molecule has 0 aliphatic heterocycles. The summed E-state index contributed by atoms with van der Waals surface area (Å²) in [5.41, 5.74) is 8.48. The van der Waals surface area contributed by atoms with Gasteiger partial charge in [0.05, 0.1) is 6.10 Å². The summed E-state index contributed by atoms with van der Waals surface area (Å²) < 4.78 is 0. The number of anilines is 1. The first-order chi connectivity index (χ1) is 9.25. The minimum atomic E-state index is -0.514. The molecule has 0 aliphatic rings. The van der Waals surface area contributed by atoms with Crippen LogP contribution in [0.25, 0.3) is 0 Å². The lowest BCUT2D eigenvalue weighted by Gasteiger charge is -2.11. The first-order valence-corrected chi connectivity index (χ1v) is 6.39. The Kier molecular flexibility index (Phi) is 4.89. The number of hydrogen-bond acceptors (Lipinski definition) is 4. The number of rotatable bonds is 6. The van der Waals surface area contributed by atoms with Gasteiger partial charge in [-0.15, -0.1) is 0 Å². The van der Waals surface area contributed by atoms with Crippen molar-refractivity contribution in [1.82, 2.24) is 10.3 Å². The number of nitrogens with one attached hydrogen (secondary N) is 1. The molecule has 2 rings (SSSR count). The van der Waals surface area contributed by atoms with Crippen LogP contribution in [0.15, 0.2) is 48.8 Å². The van der Waals surface area contributed by atoms with Crippen molar-refractivity contribution in [3.63, 3.8) is 0 Å². The molecule has 0 bridgehead atoms. The highest BCUT2D eigenvalue weighted by molar-refractivity contribution is 5.39. The Morgan fingerprint density at radius 1 is 1.21 bits per heavy atom. The molecular formula is C15H19N3O. The number of benzene rings is 1. The summed E-state index contributed by atoms with van der Waals surface area (Å²) in [6.07, 6.45) is 3.79. The minimum Gasteiger partial charge on any atom is -0.399 e. The number of nitrogens with two attached hydrogens (primary N) is 1. The molecule has 0 saturated carbocycles. The lowest BCUT2D eigenvalue weighted by atomic mass is 10.1. The second-order valence-corrected chi connectivity index (χ2v) is 4.50. The average molecular weight is 257 g/mol. The SMILES string of the molecule is Nc1ccc(CCNC[C@@H](O)c2cccnc2)cc1. The molecule has 4 nitrogen and oxygen atoms in total. The van der Waals surface area contributed by atoms with Crippen molar-refractivity contribution in [2.24, 2.45) is 0 Å². The van der Waals surface area contributed by atoms with Crippen molar-refractivity contribution in [2.75, 3.05) is 18.8 Å². The molecule has 0 amide bonds. The van der Waals surface area contributed by atoms with Crippen molar-refractivity contribution in [3.05, 3.63) is 59.9 Å². The van der Waals surface area contributed by atoms with E-state index in [1.54, 1.807) is 12.4 Å². The van der Waals surface area contributed by atoms with Gasteiger partial charge in [0, 0.05) is 30.2 Å². The number of aromatic nitrogens is 1. The predicted octanol–water partition coefficient (Wildman–Crippen LogP) is 1.53. The lowest BCUT2D eigenvalue weighted by Crippen LogP contribution is -2.23. The molecule has 4 heteroatoms. The fourth-order valence-electron chi connectivity index (χ4n) is 1.85. The minimum absolute atomic E-state index is 0.514. The zero-order valence-electron chi connectivity index (χ0n) is 10.8. The van der Waals surface area contributed by atoms with Crippen molar-refractivity contribution in [2.45, 2.75) is 12.5 Å². The van der Waals surface area contributed by atoms with Crippen LogP contribution in [-0.4, -0.2) is 23.2 Å². The third kappa shape index (κ3) is 4.35. The van der Waals surface area contributed by atoms with Crippen molar-refractivity contribution >= 4 is 5.69 Å². The average Bonchev–Trinajstić information content (AvgIpc) is 2.46. The van der Waals surface area contributed by atoms with Crippen LogP contribution in [0.4, 0.5) is 5.69 Å². The highest BCUT2D eigenvalue weighted by Crippen LogP contribution is 2.09. The highest BCUT2D eigenvalue weighted by atomic mass is 16.3. The molecule has 1 aromatic heterocycles. The maximum atomic E-state index is 9.94. The number of nitrogen functional groups attached to an aromatic ring is 1. The van der Waals surface area contributed by atoms with Gasteiger partial charge in [-0.2, -0.15) is 0 Å². The van der Waals surface area contributed by atoms with Crippen LogP contribution in [0, 0.1) is 0 Å². The Morgan fingerprint density at radius 2 is 2.00 bits per heavy atom. The van der Waals surface area contributed by atoms with E-state index >= 15 is 0 Å². The summed E-state index contributed by atoms with van der Waals surface area (Å²) in [4.78, 5) is 3.99. The fraction of sp³-hybridized carbons (Fsp3) is 0.267. The fourth-order valence-corrected chi connectivity index (χ4v) is 1.85. The van der Waals surface area contributed by atoms with Crippen LogP contribution in [0.5, 0.6) is 0 Å². The van der Waals surface area contributed by atoms with Gasteiger partial charge in [-0.3, -0.25) is 4.98 Å². The van der Waals surface area contributed by atoms with E-state index in [-0.39, 0.29) is 0 Å². The van der Waals surface area contributed by atoms with Crippen LogP contribution in [-0.2, 0) is 6.42 Å². The summed E-state index contributed by atoms with van der Waals surface area (Å²) in [5, 5.41) is 13.2. The topological polar surface area (TPSA) is 71.2 Å². The van der Waals surface area contributed by atoms with E-state index in [9.17, 15) is 5.11 Å². The third-order valence-corrected chi connectivity index (χ3v) is 2.98. The van der Waals surface area contributed by atoms with Crippen LogP contribution in [0.3, 0.4) is 0 Å². The van der Waals surface area contributed by atoms with Gasteiger partial charge in [0.2, 0.25) is 0 Å². The normalized spacial score (nSPS) is 12.3. The molecule has 1 atom stereocenters.